The van der Waals surface area contributed by atoms with Crippen molar-refractivity contribution in [3.8, 4) is 0 Å². The van der Waals surface area contributed by atoms with Crippen molar-refractivity contribution < 1.29 is 4.79 Å². The molecule has 1 aliphatic rings. The average molecular weight is 446 g/mol. The molecule has 4 nitrogen and oxygen atoms in total. The number of carbonyl (C=O) groups excluding carboxylic acids is 1. The van der Waals surface area contributed by atoms with Gasteiger partial charge in [0.2, 0.25) is 0 Å². The molecule has 0 unspecified atom stereocenters. The third-order valence-electron chi connectivity index (χ3n) is 6.86. The maximum atomic E-state index is 13.0. The molecular formula is C27H31N3OS. The molecule has 2 aromatic heterocycles. The zero-order chi connectivity index (χ0) is 22.4. The van der Waals surface area contributed by atoms with Crippen LogP contribution in [0.2, 0.25) is 0 Å². The van der Waals surface area contributed by atoms with Crippen LogP contribution in [-0.2, 0) is 20.0 Å². The van der Waals surface area contributed by atoms with Crippen LogP contribution in [0.1, 0.15) is 45.6 Å². The molecule has 1 aliphatic heterocycles. The molecule has 0 N–H and O–H groups in total. The number of para-hydroxylation sites is 1. The summed E-state index contributed by atoms with van der Waals surface area (Å²) >= 11 is 1.65. The van der Waals surface area contributed by atoms with E-state index < -0.39 is 0 Å². The lowest BCUT2D eigenvalue weighted by Gasteiger charge is -2.17. The number of thiophene rings is 1. The summed E-state index contributed by atoms with van der Waals surface area (Å²) in [7, 11) is 5.86. The van der Waals surface area contributed by atoms with E-state index in [4.69, 9.17) is 0 Å². The van der Waals surface area contributed by atoms with Crippen LogP contribution < -0.4 is 0 Å². The molecule has 2 aromatic carbocycles. The summed E-state index contributed by atoms with van der Waals surface area (Å²) in [6, 6.07) is 15.2. The monoisotopic (exact) mass is 445 g/mol. The Labute approximate surface area is 194 Å². The second-order valence-corrected chi connectivity index (χ2v) is 10.2. The molecular weight excluding hydrogens is 414 g/mol. The Bertz CT molecular complexity index is 1300. The number of hydrogen-bond acceptors (Lipinski definition) is 3. The van der Waals surface area contributed by atoms with Gasteiger partial charge in [-0.05, 0) is 47.5 Å². The molecule has 0 bridgehead atoms. The van der Waals surface area contributed by atoms with E-state index in [1.165, 1.54) is 37.7 Å². The van der Waals surface area contributed by atoms with Crippen LogP contribution in [0.15, 0.2) is 48.7 Å². The normalized spacial score (nSPS) is 16.9. The van der Waals surface area contributed by atoms with Gasteiger partial charge in [0.25, 0.3) is 5.91 Å². The Morgan fingerprint density at radius 2 is 1.88 bits per heavy atom. The second kappa shape index (κ2) is 8.38. The predicted molar refractivity (Wildman–Crippen MR) is 135 cm³/mol. The third-order valence-corrected chi connectivity index (χ3v) is 8.03. The number of hydrogen-bond donors (Lipinski definition) is 0. The van der Waals surface area contributed by atoms with Crippen LogP contribution in [0.4, 0.5) is 0 Å². The van der Waals surface area contributed by atoms with Crippen molar-refractivity contribution in [2.24, 2.45) is 7.05 Å². The number of amides is 1. The van der Waals surface area contributed by atoms with Gasteiger partial charge < -0.3 is 9.47 Å². The number of rotatable bonds is 5. The van der Waals surface area contributed by atoms with Gasteiger partial charge in [0.15, 0.2) is 0 Å². The Morgan fingerprint density at radius 3 is 2.66 bits per heavy atom. The van der Waals surface area contributed by atoms with Crippen LogP contribution in [0.5, 0.6) is 0 Å². The maximum Gasteiger partial charge on any atom is 0.263 e. The standard InChI is InChI=1S/C27H31N3OS/c1-5-18-9-8-11-21-20(15-29(4)25(18)21)17-30-14-13-19(16-30)24-22-10-6-7-12-23(22)32-26(24)27(31)28(2)3/h6-12,15,19H,5,13-14,16-17H2,1-4H3/t19-/m1/s1. The first-order valence-electron chi connectivity index (χ1n) is 11.5. The van der Waals surface area contributed by atoms with E-state index in [2.05, 4.69) is 72.1 Å². The summed E-state index contributed by atoms with van der Waals surface area (Å²) < 4.78 is 3.50. The van der Waals surface area contributed by atoms with Crippen molar-refractivity contribution in [1.82, 2.24) is 14.4 Å². The number of fused-ring (bicyclic) bond motifs is 2. The van der Waals surface area contributed by atoms with E-state index in [-0.39, 0.29) is 5.91 Å². The molecule has 1 fully saturated rings. The van der Waals surface area contributed by atoms with Crippen molar-refractivity contribution in [2.45, 2.75) is 32.2 Å². The van der Waals surface area contributed by atoms with Crippen molar-refractivity contribution >= 4 is 38.2 Å². The third kappa shape index (κ3) is 3.54. The first-order valence-corrected chi connectivity index (χ1v) is 12.3. The fourth-order valence-electron chi connectivity index (χ4n) is 5.33. The highest BCUT2D eigenvalue weighted by Gasteiger charge is 2.31. The molecule has 0 saturated carbocycles. The van der Waals surface area contributed by atoms with Crippen LogP contribution >= 0.6 is 11.3 Å². The van der Waals surface area contributed by atoms with E-state index >= 15 is 0 Å². The molecule has 32 heavy (non-hydrogen) atoms. The fourth-order valence-corrected chi connectivity index (χ4v) is 6.64. The molecule has 3 heterocycles. The largest absolute Gasteiger partial charge is 0.350 e. The van der Waals surface area contributed by atoms with Gasteiger partial charge in [-0.15, -0.1) is 11.3 Å². The molecule has 0 aliphatic carbocycles. The number of likely N-dealkylation sites (tertiary alicyclic amines) is 1. The van der Waals surface area contributed by atoms with Gasteiger partial charge in [-0.25, -0.2) is 0 Å². The second-order valence-electron chi connectivity index (χ2n) is 9.19. The highest BCUT2D eigenvalue weighted by molar-refractivity contribution is 7.21. The first kappa shape index (κ1) is 21.2. The summed E-state index contributed by atoms with van der Waals surface area (Å²) in [5.41, 5.74) is 5.44. The first-order chi connectivity index (χ1) is 15.5. The van der Waals surface area contributed by atoms with Gasteiger partial charge in [-0.1, -0.05) is 43.3 Å². The minimum absolute atomic E-state index is 0.126. The van der Waals surface area contributed by atoms with Crippen molar-refractivity contribution in [3.05, 3.63) is 70.2 Å². The Hall–Kier alpha value is -2.63. The summed E-state index contributed by atoms with van der Waals surface area (Å²) in [5, 5.41) is 2.63. The van der Waals surface area contributed by atoms with E-state index in [0.717, 1.165) is 37.4 Å². The van der Waals surface area contributed by atoms with Gasteiger partial charge in [0, 0.05) is 56.4 Å². The Kier molecular flexibility index (Phi) is 5.56. The molecule has 166 valence electrons. The van der Waals surface area contributed by atoms with Gasteiger partial charge >= 0.3 is 0 Å². The van der Waals surface area contributed by atoms with Crippen LogP contribution in [-0.4, -0.2) is 47.5 Å². The number of carbonyl (C=O) groups is 1. The zero-order valence-corrected chi connectivity index (χ0v) is 20.2. The Balaban J connectivity index is 1.45. The van der Waals surface area contributed by atoms with Gasteiger partial charge in [0.1, 0.15) is 0 Å². The van der Waals surface area contributed by atoms with Crippen molar-refractivity contribution in [1.29, 1.82) is 0 Å². The summed E-state index contributed by atoms with van der Waals surface area (Å²) in [6.45, 7) is 5.25. The highest BCUT2D eigenvalue weighted by atomic mass is 32.1. The minimum Gasteiger partial charge on any atom is -0.350 e. The van der Waals surface area contributed by atoms with E-state index in [1.807, 2.05) is 14.1 Å². The Morgan fingerprint density at radius 1 is 1.09 bits per heavy atom. The van der Waals surface area contributed by atoms with E-state index in [9.17, 15) is 4.79 Å². The van der Waals surface area contributed by atoms with Crippen molar-refractivity contribution in [2.75, 3.05) is 27.2 Å². The predicted octanol–water partition coefficient (Wildman–Crippen LogP) is 5.65. The van der Waals surface area contributed by atoms with Crippen LogP contribution in [0.3, 0.4) is 0 Å². The summed E-state index contributed by atoms with van der Waals surface area (Å²) in [6.07, 6.45) is 4.45. The lowest BCUT2D eigenvalue weighted by atomic mass is 9.95. The number of benzene rings is 2. The van der Waals surface area contributed by atoms with Gasteiger partial charge in [-0.3, -0.25) is 9.69 Å². The number of aryl methyl sites for hydroxylation is 2. The smallest absolute Gasteiger partial charge is 0.263 e. The topological polar surface area (TPSA) is 28.5 Å². The molecule has 4 aromatic rings. The van der Waals surface area contributed by atoms with E-state index in [1.54, 1.807) is 16.2 Å². The van der Waals surface area contributed by atoms with Gasteiger partial charge in [0.05, 0.1) is 10.4 Å². The molecule has 0 radical (unpaired) electrons. The lowest BCUT2D eigenvalue weighted by Crippen LogP contribution is -2.23. The zero-order valence-electron chi connectivity index (χ0n) is 19.4. The molecule has 1 atom stereocenters. The van der Waals surface area contributed by atoms with Crippen LogP contribution in [0, 0.1) is 0 Å². The summed E-state index contributed by atoms with van der Waals surface area (Å²) in [5.74, 6) is 0.520. The molecule has 5 heteroatoms. The fraction of sp³-hybridized carbons (Fsp3) is 0.370. The quantitative estimate of drug-likeness (QED) is 0.397. The van der Waals surface area contributed by atoms with E-state index in [0.29, 0.717) is 5.92 Å². The molecule has 5 rings (SSSR count). The average Bonchev–Trinajstić information content (AvgIpc) is 3.49. The molecule has 1 saturated heterocycles. The molecule has 0 spiro atoms. The number of nitrogens with zero attached hydrogens (tertiary/aromatic N) is 3. The number of aromatic nitrogens is 1. The SMILES string of the molecule is CCc1cccc2c(CN3CC[C@@H](c4c(C(=O)N(C)C)sc5ccccc45)C3)cn(C)c12. The van der Waals surface area contributed by atoms with Gasteiger partial charge in [-0.2, -0.15) is 0 Å². The highest BCUT2D eigenvalue weighted by Crippen LogP contribution is 2.41. The minimum atomic E-state index is 0.126. The summed E-state index contributed by atoms with van der Waals surface area (Å²) in [4.78, 5) is 18.2. The lowest BCUT2D eigenvalue weighted by molar-refractivity contribution is 0.0831. The van der Waals surface area contributed by atoms with Crippen molar-refractivity contribution in [3.63, 3.8) is 0 Å². The van der Waals surface area contributed by atoms with Crippen LogP contribution in [0.25, 0.3) is 21.0 Å². The maximum absolute atomic E-state index is 13.0. The molecule has 1 amide bonds.